The van der Waals surface area contributed by atoms with Crippen LogP contribution in [0.1, 0.15) is 0 Å². The summed E-state index contributed by atoms with van der Waals surface area (Å²) in [6, 6.07) is 17.3. The fourth-order valence-electron chi connectivity index (χ4n) is 2.59. The topological polar surface area (TPSA) is 105 Å². The van der Waals surface area contributed by atoms with Crippen molar-refractivity contribution in [2.24, 2.45) is 0 Å². The second kappa shape index (κ2) is 6.60. The molecule has 2 aromatic heterocycles. The van der Waals surface area contributed by atoms with Gasteiger partial charge in [0.05, 0.1) is 24.2 Å². The normalized spacial score (nSPS) is 10.7. The van der Waals surface area contributed by atoms with E-state index in [0.717, 1.165) is 34.0 Å². The van der Waals surface area contributed by atoms with Gasteiger partial charge >= 0.3 is 0 Å². The molecule has 2 N–H and O–H groups in total. The molecule has 0 fully saturated rings. The lowest BCUT2D eigenvalue weighted by Crippen LogP contribution is -1.99. The molecule has 0 amide bonds. The highest BCUT2D eigenvalue weighted by Gasteiger charge is 2.08. The Morgan fingerprint density at radius 2 is 1.50 bits per heavy atom. The highest BCUT2D eigenvalue weighted by atomic mass is 16.5. The number of hydrogen-bond donors (Lipinski definition) is 1. The van der Waals surface area contributed by atoms with Crippen molar-refractivity contribution in [1.29, 1.82) is 0 Å². The SMILES string of the molecule is COc1ccc(-c2cc(-c3ccc(-n4cnnn4)cc3)nc(N)n2)cc1. The van der Waals surface area contributed by atoms with Gasteiger partial charge in [0.15, 0.2) is 0 Å². The molecule has 0 unspecified atom stereocenters. The first kappa shape index (κ1) is 15.7. The van der Waals surface area contributed by atoms with Crippen molar-refractivity contribution in [1.82, 2.24) is 30.2 Å². The predicted octanol–water partition coefficient (Wildman–Crippen LogP) is 2.38. The summed E-state index contributed by atoms with van der Waals surface area (Å²) in [6.45, 7) is 0. The van der Waals surface area contributed by atoms with Gasteiger partial charge in [-0.2, -0.15) is 0 Å². The van der Waals surface area contributed by atoms with E-state index >= 15 is 0 Å². The van der Waals surface area contributed by atoms with Crippen LogP contribution in [0.5, 0.6) is 5.75 Å². The van der Waals surface area contributed by atoms with Gasteiger partial charge in [0.1, 0.15) is 12.1 Å². The maximum atomic E-state index is 5.92. The highest BCUT2D eigenvalue weighted by molar-refractivity contribution is 5.70. The maximum Gasteiger partial charge on any atom is 0.221 e. The van der Waals surface area contributed by atoms with Gasteiger partial charge in [0.2, 0.25) is 5.95 Å². The Kier molecular flexibility index (Phi) is 3.98. The number of nitrogen functional groups attached to an aromatic ring is 1. The number of methoxy groups -OCH3 is 1. The Labute approximate surface area is 149 Å². The standard InChI is InChI=1S/C18H15N7O/c1-26-15-8-4-13(5-9-15)17-10-16(21-18(19)22-17)12-2-6-14(7-3-12)25-11-20-23-24-25/h2-11H,1H3,(H2,19,21,22). The molecular formula is C18H15N7O. The second-order valence-electron chi connectivity index (χ2n) is 5.53. The van der Waals surface area contributed by atoms with E-state index in [-0.39, 0.29) is 5.95 Å². The minimum Gasteiger partial charge on any atom is -0.497 e. The molecule has 0 atom stereocenters. The van der Waals surface area contributed by atoms with E-state index in [1.54, 1.807) is 18.1 Å². The van der Waals surface area contributed by atoms with Crippen LogP contribution in [-0.4, -0.2) is 37.3 Å². The van der Waals surface area contributed by atoms with Crippen LogP contribution in [0.3, 0.4) is 0 Å². The van der Waals surface area contributed by atoms with Gasteiger partial charge in [0, 0.05) is 11.1 Å². The zero-order valence-electron chi connectivity index (χ0n) is 13.9. The zero-order valence-corrected chi connectivity index (χ0v) is 13.9. The first-order chi connectivity index (χ1) is 12.7. The smallest absolute Gasteiger partial charge is 0.221 e. The molecular weight excluding hydrogens is 330 g/mol. The van der Waals surface area contributed by atoms with Crippen LogP contribution in [-0.2, 0) is 0 Å². The van der Waals surface area contributed by atoms with Gasteiger partial charge in [-0.1, -0.05) is 12.1 Å². The maximum absolute atomic E-state index is 5.92. The Morgan fingerprint density at radius 3 is 2.04 bits per heavy atom. The van der Waals surface area contributed by atoms with Crippen molar-refractivity contribution < 1.29 is 4.74 Å². The van der Waals surface area contributed by atoms with E-state index in [0.29, 0.717) is 0 Å². The molecule has 8 heteroatoms. The number of tetrazole rings is 1. The molecule has 128 valence electrons. The molecule has 26 heavy (non-hydrogen) atoms. The fourth-order valence-corrected chi connectivity index (χ4v) is 2.59. The number of hydrogen-bond acceptors (Lipinski definition) is 7. The number of nitrogens with zero attached hydrogens (tertiary/aromatic N) is 6. The summed E-state index contributed by atoms with van der Waals surface area (Å²) in [5, 5.41) is 11.1. The van der Waals surface area contributed by atoms with Crippen molar-refractivity contribution in [3.63, 3.8) is 0 Å². The fraction of sp³-hybridized carbons (Fsp3) is 0.0556. The Morgan fingerprint density at radius 1 is 0.885 bits per heavy atom. The van der Waals surface area contributed by atoms with E-state index in [1.807, 2.05) is 54.6 Å². The van der Waals surface area contributed by atoms with E-state index in [4.69, 9.17) is 10.5 Å². The average Bonchev–Trinajstić information content (AvgIpc) is 3.22. The summed E-state index contributed by atoms with van der Waals surface area (Å²) < 4.78 is 6.77. The van der Waals surface area contributed by atoms with E-state index in [2.05, 4.69) is 25.5 Å². The zero-order chi connectivity index (χ0) is 17.9. The molecule has 0 aliphatic rings. The third-order valence-electron chi connectivity index (χ3n) is 3.91. The minimum absolute atomic E-state index is 0.220. The predicted molar refractivity (Wildman–Crippen MR) is 96.6 cm³/mol. The lowest BCUT2D eigenvalue weighted by Gasteiger charge is -2.08. The van der Waals surface area contributed by atoms with Crippen LogP contribution in [0.15, 0.2) is 60.9 Å². The Balaban J connectivity index is 1.69. The van der Waals surface area contributed by atoms with Crippen LogP contribution >= 0.6 is 0 Å². The highest BCUT2D eigenvalue weighted by Crippen LogP contribution is 2.26. The molecule has 0 saturated heterocycles. The molecule has 0 radical (unpaired) electrons. The molecule has 0 aliphatic carbocycles. The summed E-state index contributed by atoms with van der Waals surface area (Å²) in [6.07, 6.45) is 1.54. The summed E-state index contributed by atoms with van der Waals surface area (Å²) in [4.78, 5) is 8.69. The van der Waals surface area contributed by atoms with Crippen LogP contribution in [0.25, 0.3) is 28.2 Å². The third-order valence-corrected chi connectivity index (χ3v) is 3.91. The van der Waals surface area contributed by atoms with Crippen LogP contribution in [0.4, 0.5) is 5.95 Å². The summed E-state index contributed by atoms with van der Waals surface area (Å²) in [5.74, 6) is 1.01. The van der Waals surface area contributed by atoms with E-state index in [9.17, 15) is 0 Å². The summed E-state index contributed by atoms with van der Waals surface area (Å²) in [7, 11) is 1.63. The largest absolute Gasteiger partial charge is 0.497 e. The first-order valence-electron chi connectivity index (χ1n) is 7.86. The van der Waals surface area contributed by atoms with Crippen molar-refractivity contribution in [3.8, 4) is 34.0 Å². The minimum atomic E-state index is 0.220. The van der Waals surface area contributed by atoms with Gasteiger partial charge in [-0.05, 0) is 52.9 Å². The third kappa shape index (κ3) is 3.07. The average molecular weight is 345 g/mol. The second-order valence-corrected chi connectivity index (χ2v) is 5.53. The molecule has 8 nitrogen and oxygen atoms in total. The Bertz CT molecular complexity index is 1010. The summed E-state index contributed by atoms with van der Waals surface area (Å²) in [5.41, 5.74) is 10.1. The molecule has 0 bridgehead atoms. The van der Waals surface area contributed by atoms with Crippen molar-refractivity contribution in [2.75, 3.05) is 12.8 Å². The molecule has 0 saturated carbocycles. The van der Waals surface area contributed by atoms with Crippen LogP contribution < -0.4 is 10.5 Å². The van der Waals surface area contributed by atoms with Gasteiger partial charge in [-0.3, -0.25) is 0 Å². The van der Waals surface area contributed by atoms with Gasteiger partial charge in [-0.15, -0.1) is 5.10 Å². The molecule has 0 spiro atoms. The van der Waals surface area contributed by atoms with E-state index in [1.165, 1.54) is 0 Å². The monoisotopic (exact) mass is 345 g/mol. The van der Waals surface area contributed by atoms with E-state index < -0.39 is 0 Å². The number of rotatable bonds is 4. The van der Waals surface area contributed by atoms with Crippen LogP contribution in [0, 0.1) is 0 Å². The van der Waals surface area contributed by atoms with Crippen LogP contribution in [0.2, 0.25) is 0 Å². The number of ether oxygens (including phenoxy) is 1. The Hall–Kier alpha value is -3.81. The van der Waals surface area contributed by atoms with Gasteiger partial charge in [-0.25, -0.2) is 14.6 Å². The van der Waals surface area contributed by atoms with Crippen molar-refractivity contribution in [2.45, 2.75) is 0 Å². The lowest BCUT2D eigenvalue weighted by molar-refractivity contribution is 0.415. The molecule has 4 aromatic rings. The first-order valence-corrected chi connectivity index (χ1v) is 7.86. The van der Waals surface area contributed by atoms with Crippen molar-refractivity contribution in [3.05, 3.63) is 60.9 Å². The number of aromatic nitrogens is 6. The molecule has 4 rings (SSSR count). The van der Waals surface area contributed by atoms with Crippen molar-refractivity contribution >= 4 is 5.95 Å². The molecule has 2 aromatic carbocycles. The lowest BCUT2D eigenvalue weighted by atomic mass is 10.1. The quantitative estimate of drug-likeness (QED) is 0.605. The number of nitrogens with two attached hydrogens (primary N) is 1. The number of benzene rings is 2. The molecule has 2 heterocycles. The summed E-state index contributed by atoms with van der Waals surface area (Å²) >= 11 is 0. The number of anilines is 1. The van der Waals surface area contributed by atoms with Gasteiger partial charge < -0.3 is 10.5 Å². The molecule has 0 aliphatic heterocycles. The van der Waals surface area contributed by atoms with Gasteiger partial charge in [0.25, 0.3) is 0 Å².